The van der Waals surface area contributed by atoms with Crippen molar-refractivity contribution in [3.05, 3.63) is 0 Å². The number of carboxylic acids is 1. The van der Waals surface area contributed by atoms with Gasteiger partial charge in [0.2, 0.25) is 5.91 Å². The number of nitrogens with two attached hydrogens (primary N) is 2. The zero-order valence-corrected chi connectivity index (χ0v) is 9.14. The minimum atomic E-state index is -1.22. The molecule has 9 heteroatoms. The Kier molecular flexibility index (Phi) is 7.39. The van der Waals surface area contributed by atoms with Gasteiger partial charge in [0, 0.05) is 13.1 Å². The van der Waals surface area contributed by atoms with Crippen molar-refractivity contribution in [3.8, 4) is 0 Å². The van der Waals surface area contributed by atoms with Crippen LogP contribution in [0.25, 0.3) is 0 Å². The van der Waals surface area contributed by atoms with Crippen molar-refractivity contribution in [2.45, 2.75) is 6.04 Å². The fourth-order valence-electron chi connectivity index (χ4n) is 0.729. The van der Waals surface area contributed by atoms with Crippen molar-refractivity contribution in [1.29, 1.82) is 0 Å². The second kappa shape index (κ2) is 8.30. The lowest BCUT2D eigenvalue weighted by Crippen LogP contribution is -2.45. The summed E-state index contributed by atoms with van der Waals surface area (Å²) >= 11 is 0. The third-order valence-electron chi connectivity index (χ3n) is 1.58. The van der Waals surface area contributed by atoms with E-state index in [0.717, 1.165) is 0 Å². The molecule has 0 heterocycles. The number of aliphatic carboxylic acids is 1. The fraction of sp³-hybridized carbons (Fsp3) is 0.625. The molecular formula is C8H16N4O5. The normalized spacial score (nSPS) is 11.4. The Hall–Kier alpha value is -1.87. The van der Waals surface area contributed by atoms with E-state index in [2.05, 4.69) is 15.4 Å². The quantitative estimate of drug-likeness (QED) is 0.325. The lowest BCUT2D eigenvalue weighted by Gasteiger charge is -2.09. The number of rotatable bonds is 7. The Bertz CT molecular complexity index is 283. The summed E-state index contributed by atoms with van der Waals surface area (Å²) in [6.45, 7) is -0.298. The topological polar surface area (TPSA) is 157 Å². The van der Waals surface area contributed by atoms with Crippen LogP contribution in [-0.2, 0) is 14.3 Å². The lowest BCUT2D eigenvalue weighted by molar-refractivity contribution is -0.138. The molecule has 0 aromatic heterocycles. The molecule has 0 aliphatic rings. The molecule has 0 bridgehead atoms. The predicted octanol–water partition coefficient (Wildman–Crippen LogP) is -2.80. The van der Waals surface area contributed by atoms with Crippen LogP contribution in [0.1, 0.15) is 0 Å². The van der Waals surface area contributed by atoms with E-state index in [1.165, 1.54) is 0 Å². The first kappa shape index (κ1) is 15.1. The van der Waals surface area contributed by atoms with E-state index in [9.17, 15) is 14.4 Å². The summed E-state index contributed by atoms with van der Waals surface area (Å²) in [6.07, 6.45) is -0.770. The van der Waals surface area contributed by atoms with Gasteiger partial charge in [0.1, 0.15) is 12.6 Å². The van der Waals surface area contributed by atoms with Crippen LogP contribution in [-0.4, -0.2) is 55.4 Å². The van der Waals surface area contributed by atoms with Crippen LogP contribution in [0.3, 0.4) is 0 Å². The molecular weight excluding hydrogens is 232 g/mol. The minimum absolute atomic E-state index is 0.0529. The standard InChI is InChI=1S/C8H16N4O5/c9-1-2-17-8(16)12-4-6(13)11-3-5(10)7(14)15/h5H,1-4,9-10H2,(H,11,13)(H,12,16)(H,14,15)/t5-/m0/s1. The molecule has 7 N–H and O–H groups in total. The van der Waals surface area contributed by atoms with Crippen molar-refractivity contribution in [3.63, 3.8) is 0 Å². The summed E-state index contributed by atoms with van der Waals surface area (Å²) in [5.41, 5.74) is 10.2. The Morgan fingerprint density at radius 2 is 1.94 bits per heavy atom. The van der Waals surface area contributed by atoms with Gasteiger partial charge < -0.3 is 31.9 Å². The number of alkyl carbamates (subject to hydrolysis) is 1. The largest absolute Gasteiger partial charge is 0.480 e. The first-order valence-electron chi connectivity index (χ1n) is 4.83. The molecule has 1 atom stereocenters. The number of amides is 2. The molecule has 0 aliphatic heterocycles. The molecule has 0 fully saturated rings. The Labute approximate surface area is 97.5 Å². The maximum Gasteiger partial charge on any atom is 0.407 e. The highest BCUT2D eigenvalue weighted by molar-refractivity contribution is 5.83. The van der Waals surface area contributed by atoms with Crippen molar-refractivity contribution in [2.75, 3.05) is 26.2 Å². The van der Waals surface area contributed by atoms with Crippen molar-refractivity contribution in [2.24, 2.45) is 11.5 Å². The average molecular weight is 248 g/mol. The maximum atomic E-state index is 11.1. The van der Waals surface area contributed by atoms with Crippen LogP contribution in [0.15, 0.2) is 0 Å². The first-order valence-corrected chi connectivity index (χ1v) is 4.83. The molecule has 9 nitrogen and oxygen atoms in total. The van der Waals surface area contributed by atoms with Gasteiger partial charge in [-0.3, -0.25) is 9.59 Å². The molecule has 0 aromatic carbocycles. The average Bonchev–Trinajstić information content (AvgIpc) is 2.30. The maximum absolute atomic E-state index is 11.1. The van der Waals surface area contributed by atoms with Crippen LogP contribution in [0, 0.1) is 0 Å². The molecule has 98 valence electrons. The molecule has 0 radical (unpaired) electrons. The van der Waals surface area contributed by atoms with Gasteiger partial charge in [-0.15, -0.1) is 0 Å². The minimum Gasteiger partial charge on any atom is -0.480 e. The van der Waals surface area contributed by atoms with E-state index in [4.69, 9.17) is 16.6 Å². The number of carbonyl (C=O) groups excluding carboxylic acids is 2. The zero-order chi connectivity index (χ0) is 13.3. The van der Waals surface area contributed by atoms with Crippen molar-refractivity contribution < 1.29 is 24.2 Å². The van der Waals surface area contributed by atoms with Gasteiger partial charge in [0.25, 0.3) is 0 Å². The summed E-state index contributed by atoms with van der Waals surface area (Å²) in [7, 11) is 0. The highest BCUT2D eigenvalue weighted by Gasteiger charge is 2.12. The smallest absolute Gasteiger partial charge is 0.407 e. The van der Waals surface area contributed by atoms with E-state index >= 15 is 0 Å². The van der Waals surface area contributed by atoms with Gasteiger partial charge >= 0.3 is 12.1 Å². The Balaban J connectivity index is 3.66. The van der Waals surface area contributed by atoms with Gasteiger partial charge in [-0.05, 0) is 0 Å². The van der Waals surface area contributed by atoms with Gasteiger partial charge in [-0.25, -0.2) is 4.79 Å². The molecule has 0 aliphatic carbocycles. The number of nitrogens with one attached hydrogen (secondary N) is 2. The van der Waals surface area contributed by atoms with E-state index in [-0.39, 0.29) is 26.2 Å². The van der Waals surface area contributed by atoms with E-state index < -0.39 is 24.0 Å². The van der Waals surface area contributed by atoms with E-state index in [0.29, 0.717) is 0 Å². The second-order valence-corrected chi connectivity index (χ2v) is 3.03. The summed E-state index contributed by atoms with van der Waals surface area (Å²) in [5.74, 6) is -1.79. The Morgan fingerprint density at radius 3 is 2.47 bits per heavy atom. The summed E-state index contributed by atoms with van der Waals surface area (Å²) in [5, 5.41) is 12.8. The molecule has 0 unspecified atom stereocenters. The SMILES string of the molecule is NCCOC(=O)NCC(=O)NC[C@H](N)C(=O)O. The number of hydrogen-bond donors (Lipinski definition) is 5. The molecule has 0 spiro atoms. The first-order chi connectivity index (χ1) is 7.97. The number of carbonyl (C=O) groups is 3. The molecule has 2 amide bonds. The number of carboxylic acid groups (broad SMARTS) is 1. The number of hydrogen-bond acceptors (Lipinski definition) is 6. The van der Waals surface area contributed by atoms with Crippen LogP contribution >= 0.6 is 0 Å². The van der Waals surface area contributed by atoms with E-state index in [1.807, 2.05) is 0 Å². The van der Waals surface area contributed by atoms with Crippen LogP contribution in [0.2, 0.25) is 0 Å². The molecule has 0 saturated heterocycles. The molecule has 0 aromatic rings. The van der Waals surface area contributed by atoms with Crippen LogP contribution < -0.4 is 22.1 Å². The molecule has 0 rings (SSSR count). The molecule has 17 heavy (non-hydrogen) atoms. The summed E-state index contributed by atoms with van der Waals surface area (Å²) in [6, 6.07) is -1.18. The fourth-order valence-corrected chi connectivity index (χ4v) is 0.729. The third kappa shape index (κ3) is 7.99. The van der Waals surface area contributed by atoms with Gasteiger partial charge in [-0.1, -0.05) is 0 Å². The monoisotopic (exact) mass is 248 g/mol. The summed E-state index contributed by atoms with van der Waals surface area (Å²) < 4.78 is 4.53. The predicted molar refractivity (Wildman–Crippen MR) is 57.0 cm³/mol. The summed E-state index contributed by atoms with van der Waals surface area (Å²) in [4.78, 5) is 32.3. The molecule has 0 saturated carbocycles. The van der Waals surface area contributed by atoms with Gasteiger partial charge in [0.15, 0.2) is 0 Å². The highest BCUT2D eigenvalue weighted by atomic mass is 16.5. The Morgan fingerprint density at radius 1 is 1.29 bits per heavy atom. The lowest BCUT2D eigenvalue weighted by atomic mass is 10.3. The second-order valence-electron chi connectivity index (χ2n) is 3.03. The van der Waals surface area contributed by atoms with Crippen LogP contribution in [0.5, 0.6) is 0 Å². The van der Waals surface area contributed by atoms with E-state index in [1.54, 1.807) is 0 Å². The zero-order valence-electron chi connectivity index (χ0n) is 9.14. The van der Waals surface area contributed by atoms with Gasteiger partial charge in [0.05, 0.1) is 6.54 Å². The third-order valence-corrected chi connectivity index (χ3v) is 1.58. The number of ether oxygens (including phenoxy) is 1. The highest BCUT2D eigenvalue weighted by Crippen LogP contribution is 1.78. The van der Waals surface area contributed by atoms with Crippen molar-refractivity contribution >= 4 is 18.0 Å². The van der Waals surface area contributed by atoms with Crippen molar-refractivity contribution in [1.82, 2.24) is 10.6 Å². The van der Waals surface area contributed by atoms with Gasteiger partial charge in [-0.2, -0.15) is 0 Å². The van der Waals surface area contributed by atoms with Crippen LogP contribution in [0.4, 0.5) is 4.79 Å².